The molecule has 3 nitrogen and oxygen atoms in total. The van der Waals surface area contributed by atoms with Gasteiger partial charge in [-0.3, -0.25) is 4.79 Å². The first-order chi connectivity index (χ1) is 19.7. The van der Waals surface area contributed by atoms with Crippen LogP contribution in [0.25, 0.3) is 22.3 Å². The number of hydrogen-bond donors (Lipinski definition) is 0. The molecule has 0 aliphatic heterocycles. The molecule has 0 atom stereocenters. The van der Waals surface area contributed by atoms with Gasteiger partial charge in [0.15, 0.2) is 0 Å². The Kier molecular flexibility index (Phi) is 8.48. The van der Waals surface area contributed by atoms with E-state index in [9.17, 15) is 18.0 Å². The van der Waals surface area contributed by atoms with E-state index >= 15 is 0 Å². The summed E-state index contributed by atoms with van der Waals surface area (Å²) in [4.78, 5) is 14.1. The molecule has 1 aliphatic carbocycles. The highest BCUT2D eigenvalue weighted by atomic mass is 19.4. The number of carbonyl (C=O) groups excluding carboxylic acids is 1. The van der Waals surface area contributed by atoms with Crippen LogP contribution in [-0.4, -0.2) is 24.9 Å². The zero-order valence-electron chi connectivity index (χ0n) is 23.4. The number of alkyl halides is 3. The number of hydrogen-bond acceptors (Lipinski definition) is 2. The molecule has 41 heavy (non-hydrogen) atoms. The molecule has 0 N–H and O–H groups in total. The van der Waals surface area contributed by atoms with Crippen LogP contribution in [0, 0.1) is 0 Å². The lowest BCUT2D eigenvalue weighted by molar-refractivity contribution is -0.137. The Morgan fingerprint density at radius 3 is 2.10 bits per heavy atom. The maximum atomic E-state index is 13.1. The summed E-state index contributed by atoms with van der Waals surface area (Å²) < 4.78 is 45.5. The van der Waals surface area contributed by atoms with E-state index in [0.29, 0.717) is 33.9 Å². The zero-order chi connectivity index (χ0) is 29.0. The van der Waals surface area contributed by atoms with Gasteiger partial charge in [0.05, 0.1) is 5.56 Å². The number of benzene rings is 4. The van der Waals surface area contributed by atoms with Gasteiger partial charge in [0.1, 0.15) is 12.4 Å². The molecule has 0 saturated heterocycles. The predicted molar refractivity (Wildman–Crippen MR) is 157 cm³/mol. The molecule has 212 valence electrons. The smallest absolute Gasteiger partial charge is 0.416 e. The first kappa shape index (κ1) is 28.5. The van der Waals surface area contributed by atoms with Gasteiger partial charge in [-0.2, -0.15) is 13.2 Å². The minimum Gasteiger partial charge on any atom is -0.489 e. The highest BCUT2D eigenvalue weighted by molar-refractivity contribution is 5.94. The average Bonchev–Trinajstić information content (AvgIpc) is 3.00. The normalized spacial score (nSPS) is 14.1. The van der Waals surface area contributed by atoms with E-state index in [-0.39, 0.29) is 12.5 Å². The van der Waals surface area contributed by atoms with E-state index in [1.165, 1.54) is 60.3 Å². The predicted octanol–water partition coefficient (Wildman–Crippen LogP) is 9.37. The Morgan fingerprint density at radius 2 is 1.44 bits per heavy atom. The van der Waals surface area contributed by atoms with E-state index in [2.05, 4.69) is 36.4 Å². The van der Waals surface area contributed by atoms with E-state index < -0.39 is 11.7 Å². The number of rotatable bonds is 7. The van der Waals surface area contributed by atoms with Crippen molar-refractivity contribution >= 4 is 5.91 Å². The molecule has 0 heterocycles. The number of halogens is 3. The summed E-state index contributed by atoms with van der Waals surface area (Å²) in [7, 11) is 3.35. The van der Waals surface area contributed by atoms with Gasteiger partial charge in [-0.05, 0) is 88.5 Å². The molecular formula is C35H34F3NO2. The summed E-state index contributed by atoms with van der Waals surface area (Å²) in [6.45, 7) is 0.156. The van der Waals surface area contributed by atoms with Gasteiger partial charge >= 0.3 is 6.18 Å². The standard InChI is InChI=1S/C35H34F3NO2/c1-39(2)34(40)27-16-21-31(25-12-17-29(18-13-25)35(36,37)38)28(22-27)23-41-30-19-14-26(15-20-30)33-11-7-6-10-32(33)24-8-4-3-5-9-24/h6-7,10-22,24H,3-5,8-9,23H2,1-2H3. The van der Waals surface area contributed by atoms with Crippen LogP contribution < -0.4 is 4.74 Å². The summed E-state index contributed by atoms with van der Waals surface area (Å²) in [5.41, 5.74) is 5.63. The Balaban J connectivity index is 1.39. The third-order valence-corrected chi connectivity index (χ3v) is 7.85. The second-order valence-corrected chi connectivity index (χ2v) is 10.9. The molecule has 0 aromatic heterocycles. The molecule has 6 heteroatoms. The Bertz CT molecular complexity index is 1490. The maximum absolute atomic E-state index is 13.1. The Labute approximate surface area is 239 Å². The second kappa shape index (κ2) is 12.2. The Hall–Kier alpha value is -4.06. The van der Waals surface area contributed by atoms with Crippen LogP contribution in [0.1, 0.15) is 65.1 Å². The van der Waals surface area contributed by atoms with Gasteiger partial charge in [-0.25, -0.2) is 0 Å². The number of nitrogens with zero attached hydrogens (tertiary/aromatic N) is 1. The molecule has 0 unspecified atom stereocenters. The molecule has 0 bridgehead atoms. The van der Waals surface area contributed by atoms with Crippen LogP contribution in [0.4, 0.5) is 13.2 Å². The summed E-state index contributed by atoms with van der Waals surface area (Å²) >= 11 is 0. The van der Waals surface area contributed by atoms with Gasteiger partial charge in [-0.1, -0.05) is 73.9 Å². The van der Waals surface area contributed by atoms with Crippen LogP contribution in [0.15, 0.2) is 91.0 Å². The molecule has 0 spiro atoms. The monoisotopic (exact) mass is 557 g/mol. The number of ether oxygens (including phenoxy) is 1. The molecule has 4 aromatic rings. The second-order valence-electron chi connectivity index (χ2n) is 10.9. The van der Waals surface area contributed by atoms with Crippen molar-refractivity contribution in [2.24, 2.45) is 0 Å². The fourth-order valence-corrected chi connectivity index (χ4v) is 5.65. The van der Waals surface area contributed by atoms with Crippen molar-refractivity contribution < 1.29 is 22.7 Å². The molecule has 1 aliphatic rings. The average molecular weight is 558 g/mol. The van der Waals surface area contributed by atoms with Crippen LogP contribution in [0.2, 0.25) is 0 Å². The third kappa shape index (κ3) is 6.64. The van der Waals surface area contributed by atoms with Crippen LogP contribution >= 0.6 is 0 Å². The van der Waals surface area contributed by atoms with Crippen molar-refractivity contribution in [2.45, 2.75) is 50.8 Å². The molecule has 5 rings (SSSR count). The summed E-state index contributed by atoms with van der Waals surface area (Å²) in [6.07, 6.45) is 1.93. The number of amides is 1. The molecule has 0 radical (unpaired) electrons. The summed E-state index contributed by atoms with van der Waals surface area (Å²) in [6, 6.07) is 26.9. The van der Waals surface area contributed by atoms with Crippen molar-refractivity contribution in [3.63, 3.8) is 0 Å². The Morgan fingerprint density at radius 1 is 0.805 bits per heavy atom. The van der Waals surface area contributed by atoms with Gasteiger partial charge < -0.3 is 9.64 Å². The molecule has 4 aromatic carbocycles. The van der Waals surface area contributed by atoms with Crippen molar-refractivity contribution in [3.8, 4) is 28.0 Å². The van der Waals surface area contributed by atoms with Gasteiger partial charge in [0.25, 0.3) is 5.91 Å². The van der Waals surface area contributed by atoms with Crippen molar-refractivity contribution in [1.29, 1.82) is 0 Å². The van der Waals surface area contributed by atoms with E-state index in [0.717, 1.165) is 17.7 Å². The van der Waals surface area contributed by atoms with E-state index in [1.54, 1.807) is 32.3 Å². The minimum absolute atomic E-state index is 0.156. The molecular weight excluding hydrogens is 523 g/mol. The lowest BCUT2D eigenvalue weighted by Gasteiger charge is -2.24. The first-order valence-corrected chi connectivity index (χ1v) is 14.0. The SMILES string of the molecule is CN(C)C(=O)c1ccc(-c2ccc(C(F)(F)F)cc2)c(COc2ccc(-c3ccccc3C3CCCCC3)cc2)c1. The maximum Gasteiger partial charge on any atom is 0.416 e. The highest BCUT2D eigenvalue weighted by Crippen LogP contribution is 2.38. The third-order valence-electron chi connectivity index (χ3n) is 7.85. The summed E-state index contributed by atoms with van der Waals surface area (Å²) in [5, 5.41) is 0. The van der Waals surface area contributed by atoms with Crippen LogP contribution in [-0.2, 0) is 12.8 Å². The first-order valence-electron chi connectivity index (χ1n) is 14.0. The van der Waals surface area contributed by atoms with Crippen molar-refractivity contribution in [1.82, 2.24) is 4.90 Å². The van der Waals surface area contributed by atoms with E-state index in [4.69, 9.17) is 4.74 Å². The molecule has 1 saturated carbocycles. The van der Waals surface area contributed by atoms with Gasteiger partial charge in [0.2, 0.25) is 0 Å². The fraction of sp³-hybridized carbons (Fsp3) is 0.286. The zero-order valence-corrected chi connectivity index (χ0v) is 23.4. The number of carbonyl (C=O) groups is 1. The fourth-order valence-electron chi connectivity index (χ4n) is 5.65. The van der Waals surface area contributed by atoms with Crippen molar-refractivity contribution in [3.05, 3.63) is 113 Å². The quantitative estimate of drug-likeness (QED) is 0.227. The lowest BCUT2D eigenvalue weighted by Crippen LogP contribution is -2.21. The van der Waals surface area contributed by atoms with E-state index in [1.807, 2.05) is 12.1 Å². The summed E-state index contributed by atoms with van der Waals surface area (Å²) in [5.74, 6) is 1.11. The van der Waals surface area contributed by atoms with Crippen molar-refractivity contribution in [2.75, 3.05) is 14.1 Å². The van der Waals surface area contributed by atoms with Crippen LogP contribution in [0.3, 0.4) is 0 Å². The largest absolute Gasteiger partial charge is 0.489 e. The molecule has 1 amide bonds. The lowest BCUT2D eigenvalue weighted by atomic mass is 9.81. The van der Waals surface area contributed by atoms with Crippen LogP contribution in [0.5, 0.6) is 5.75 Å². The van der Waals surface area contributed by atoms with Gasteiger partial charge in [-0.15, -0.1) is 0 Å². The minimum atomic E-state index is -4.41. The molecule has 1 fully saturated rings. The van der Waals surface area contributed by atoms with Gasteiger partial charge in [0, 0.05) is 19.7 Å². The highest BCUT2D eigenvalue weighted by Gasteiger charge is 2.30. The topological polar surface area (TPSA) is 29.5 Å².